The summed E-state index contributed by atoms with van der Waals surface area (Å²) in [5, 5.41) is 0. The Morgan fingerprint density at radius 1 is 1.00 bits per heavy atom. The van der Waals surface area contributed by atoms with Crippen molar-refractivity contribution in [2.24, 2.45) is 5.92 Å². The lowest BCUT2D eigenvalue weighted by Gasteiger charge is -2.33. The highest BCUT2D eigenvalue weighted by Gasteiger charge is 2.30. The maximum absolute atomic E-state index is 12.9. The zero-order valence-electron chi connectivity index (χ0n) is 17.9. The van der Waals surface area contributed by atoms with E-state index in [4.69, 9.17) is 9.47 Å². The van der Waals surface area contributed by atoms with Crippen molar-refractivity contribution in [3.05, 3.63) is 23.8 Å². The molecular formula is C22H33N3O4. The van der Waals surface area contributed by atoms with E-state index in [1.807, 2.05) is 16.8 Å². The van der Waals surface area contributed by atoms with Crippen molar-refractivity contribution < 1.29 is 19.1 Å². The number of likely N-dealkylation sites (tertiary alicyclic amines) is 2. The lowest BCUT2D eigenvalue weighted by molar-refractivity contribution is -0.135. The van der Waals surface area contributed by atoms with E-state index < -0.39 is 0 Å². The molecule has 2 aliphatic rings. The van der Waals surface area contributed by atoms with E-state index in [2.05, 4.69) is 4.90 Å². The van der Waals surface area contributed by atoms with Crippen molar-refractivity contribution in [2.75, 3.05) is 60.5 Å². The number of hydrogen-bond acceptors (Lipinski definition) is 5. The molecule has 1 aromatic carbocycles. The maximum Gasteiger partial charge on any atom is 0.254 e. The van der Waals surface area contributed by atoms with Gasteiger partial charge in [0.25, 0.3) is 5.91 Å². The Kier molecular flexibility index (Phi) is 7.36. The number of rotatable bonds is 7. The highest BCUT2D eigenvalue weighted by molar-refractivity contribution is 5.95. The summed E-state index contributed by atoms with van der Waals surface area (Å²) in [6.07, 6.45) is 3.95. The van der Waals surface area contributed by atoms with Crippen LogP contribution in [0.3, 0.4) is 0 Å². The molecule has 29 heavy (non-hydrogen) atoms. The van der Waals surface area contributed by atoms with Crippen molar-refractivity contribution >= 4 is 11.8 Å². The fraction of sp³-hybridized carbons (Fsp3) is 0.636. The number of likely N-dealkylation sites (N-methyl/N-ethyl adjacent to an activating group) is 1. The van der Waals surface area contributed by atoms with Gasteiger partial charge in [-0.15, -0.1) is 0 Å². The number of piperidine rings is 1. The van der Waals surface area contributed by atoms with Crippen LogP contribution in [-0.4, -0.2) is 87.0 Å². The van der Waals surface area contributed by atoms with E-state index in [9.17, 15) is 9.59 Å². The van der Waals surface area contributed by atoms with Crippen LogP contribution < -0.4 is 9.47 Å². The van der Waals surface area contributed by atoms with E-state index >= 15 is 0 Å². The van der Waals surface area contributed by atoms with Crippen LogP contribution in [0.2, 0.25) is 0 Å². The minimum absolute atomic E-state index is 0.00229. The molecule has 0 bridgehead atoms. The molecule has 0 N–H and O–H groups in total. The van der Waals surface area contributed by atoms with Crippen LogP contribution in [0.1, 0.15) is 36.0 Å². The number of carbonyl (C=O) groups is 2. The molecule has 2 amide bonds. The fourth-order valence-corrected chi connectivity index (χ4v) is 4.16. The third-order valence-corrected chi connectivity index (χ3v) is 6.06. The number of methoxy groups -OCH3 is 2. The molecule has 0 unspecified atom stereocenters. The highest BCUT2D eigenvalue weighted by atomic mass is 16.5. The third-order valence-electron chi connectivity index (χ3n) is 6.06. The summed E-state index contributed by atoms with van der Waals surface area (Å²) in [7, 11) is 5.04. The summed E-state index contributed by atoms with van der Waals surface area (Å²) in [4.78, 5) is 31.8. The SMILES string of the molecule is COc1cc(OC)cc(C(=O)N2CCC(C(=O)N(C)CCN3CCCC3)CC2)c1. The van der Waals surface area contributed by atoms with E-state index in [1.165, 1.54) is 12.8 Å². The second kappa shape index (κ2) is 9.96. The summed E-state index contributed by atoms with van der Waals surface area (Å²) < 4.78 is 10.5. The number of nitrogens with zero attached hydrogens (tertiary/aromatic N) is 3. The Labute approximate surface area is 173 Å². The first-order chi connectivity index (χ1) is 14.0. The normalized spacial score (nSPS) is 18.0. The van der Waals surface area contributed by atoms with Gasteiger partial charge in [0.2, 0.25) is 5.91 Å². The van der Waals surface area contributed by atoms with Crippen molar-refractivity contribution in [2.45, 2.75) is 25.7 Å². The van der Waals surface area contributed by atoms with Gasteiger partial charge in [0.15, 0.2) is 0 Å². The molecule has 2 aliphatic heterocycles. The summed E-state index contributed by atoms with van der Waals surface area (Å²) >= 11 is 0. The molecular weight excluding hydrogens is 370 g/mol. The van der Waals surface area contributed by atoms with Crippen LogP contribution in [0.15, 0.2) is 18.2 Å². The van der Waals surface area contributed by atoms with E-state index in [0.29, 0.717) is 43.0 Å². The zero-order chi connectivity index (χ0) is 20.8. The Bertz CT molecular complexity index is 688. The summed E-state index contributed by atoms with van der Waals surface area (Å²) in [6.45, 7) is 5.22. The van der Waals surface area contributed by atoms with Crippen LogP contribution in [0, 0.1) is 5.92 Å². The first kappa shape index (κ1) is 21.4. The molecule has 0 atom stereocenters. The molecule has 7 nitrogen and oxygen atoms in total. The average Bonchev–Trinajstić information content (AvgIpc) is 3.29. The molecule has 3 rings (SSSR count). The topological polar surface area (TPSA) is 62.3 Å². The van der Waals surface area contributed by atoms with E-state index in [-0.39, 0.29) is 17.7 Å². The molecule has 0 aromatic heterocycles. The summed E-state index contributed by atoms with van der Waals surface area (Å²) in [5.74, 6) is 1.35. The molecule has 0 spiro atoms. The number of benzene rings is 1. The number of ether oxygens (including phenoxy) is 2. The minimum Gasteiger partial charge on any atom is -0.497 e. The standard InChI is InChI=1S/C22H33N3O4/c1-23(12-13-24-8-4-5-9-24)21(26)17-6-10-25(11-7-17)22(27)18-14-19(28-2)16-20(15-18)29-3/h14-17H,4-13H2,1-3H3. The second-order valence-corrected chi connectivity index (χ2v) is 7.98. The van der Waals surface area contributed by atoms with Gasteiger partial charge < -0.3 is 24.2 Å². The van der Waals surface area contributed by atoms with Gasteiger partial charge in [0.1, 0.15) is 11.5 Å². The second-order valence-electron chi connectivity index (χ2n) is 7.98. The van der Waals surface area contributed by atoms with Gasteiger partial charge in [-0.1, -0.05) is 0 Å². The van der Waals surface area contributed by atoms with Gasteiger partial charge in [-0.2, -0.15) is 0 Å². The predicted molar refractivity (Wildman–Crippen MR) is 111 cm³/mol. The average molecular weight is 404 g/mol. The zero-order valence-corrected chi connectivity index (χ0v) is 17.9. The van der Waals surface area contributed by atoms with Crippen LogP contribution >= 0.6 is 0 Å². The van der Waals surface area contributed by atoms with Gasteiger partial charge in [-0.05, 0) is 50.9 Å². The molecule has 1 aromatic rings. The van der Waals surface area contributed by atoms with Gasteiger partial charge in [0, 0.05) is 50.8 Å². The lowest BCUT2D eigenvalue weighted by Crippen LogP contribution is -2.44. The monoisotopic (exact) mass is 403 g/mol. The Morgan fingerprint density at radius 2 is 1.59 bits per heavy atom. The van der Waals surface area contributed by atoms with Crippen molar-refractivity contribution in [3.8, 4) is 11.5 Å². The number of hydrogen-bond donors (Lipinski definition) is 0. The third kappa shape index (κ3) is 5.41. The fourth-order valence-electron chi connectivity index (χ4n) is 4.16. The molecule has 7 heteroatoms. The quantitative estimate of drug-likeness (QED) is 0.698. The summed E-state index contributed by atoms with van der Waals surface area (Å²) in [6, 6.07) is 5.21. The van der Waals surface area contributed by atoms with Crippen molar-refractivity contribution in [3.63, 3.8) is 0 Å². The van der Waals surface area contributed by atoms with Crippen molar-refractivity contribution in [1.29, 1.82) is 0 Å². The van der Waals surface area contributed by atoms with Crippen molar-refractivity contribution in [1.82, 2.24) is 14.7 Å². The van der Waals surface area contributed by atoms with E-state index in [1.54, 1.807) is 32.4 Å². The van der Waals surface area contributed by atoms with Crippen LogP contribution in [0.25, 0.3) is 0 Å². The Morgan fingerprint density at radius 3 is 2.14 bits per heavy atom. The van der Waals surface area contributed by atoms with Gasteiger partial charge >= 0.3 is 0 Å². The molecule has 2 fully saturated rings. The first-order valence-electron chi connectivity index (χ1n) is 10.5. The molecule has 0 saturated carbocycles. The largest absolute Gasteiger partial charge is 0.497 e. The van der Waals surface area contributed by atoms with Gasteiger partial charge in [-0.3, -0.25) is 9.59 Å². The smallest absolute Gasteiger partial charge is 0.254 e. The molecule has 0 radical (unpaired) electrons. The Hall–Kier alpha value is -2.28. The number of carbonyl (C=O) groups excluding carboxylic acids is 2. The molecule has 160 valence electrons. The first-order valence-corrected chi connectivity index (χ1v) is 10.5. The van der Waals surface area contributed by atoms with Crippen LogP contribution in [0.4, 0.5) is 0 Å². The van der Waals surface area contributed by atoms with Crippen LogP contribution in [-0.2, 0) is 4.79 Å². The van der Waals surface area contributed by atoms with Crippen LogP contribution in [0.5, 0.6) is 11.5 Å². The lowest BCUT2D eigenvalue weighted by atomic mass is 9.95. The maximum atomic E-state index is 12.9. The highest BCUT2D eigenvalue weighted by Crippen LogP contribution is 2.26. The minimum atomic E-state index is -0.0458. The molecule has 0 aliphatic carbocycles. The van der Waals surface area contributed by atoms with Gasteiger partial charge in [0.05, 0.1) is 14.2 Å². The van der Waals surface area contributed by atoms with E-state index in [0.717, 1.165) is 26.2 Å². The number of amides is 2. The Balaban J connectivity index is 1.51. The molecule has 2 saturated heterocycles. The predicted octanol–water partition coefficient (Wildman–Crippen LogP) is 2.11. The van der Waals surface area contributed by atoms with Gasteiger partial charge in [-0.25, -0.2) is 0 Å². The molecule has 2 heterocycles. The summed E-state index contributed by atoms with van der Waals surface area (Å²) in [5.41, 5.74) is 0.550.